The first kappa shape index (κ1) is 19.1. The van der Waals surface area contributed by atoms with Crippen molar-refractivity contribution in [3.63, 3.8) is 0 Å². The monoisotopic (exact) mass is 378 g/mol. The molecular weight excluding hydrogens is 359 g/mol. The average Bonchev–Trinajstić information content (AvgIpc) is 2.73. The lowest BCUT2D eigenvalue weighted by molar-refractivity contribution is 0.0962. The molecule has 0 aliphatic rings. The van der Waals surface area contributed by atoms with Crippen molar-refractivity contribution in [2.45, 2.75) is 6.61 Å². The number of hydrogen-bond acceptors (Lipinski definition) is 3. The minimum Gasteiger partial charge on any atom is -0.488 e. The third-order valence-electron chi connectivity index (χ3n) is 4.07. The molecule has 28 heavy (non-hydrogen) atoms. The molecular formula is C22H19FN2O3. The molecule has 0 fully saturated rings. The van der Waals surface area contributed by atoms with Crippen LogP contribution in [0.5, 0.6) is 5.75 Å². The molecule has 142 valence electrons. The molecule has 3 rings (SSSR count). The van der Waals surface area contributed by atoms with Gasteiger partial charge in [-0.25, -0.2) is 4.39 Å². The minimum atomic E-state index is -0.331. The number of rotatable bonds is 6. The Morgan fingerprint density at radius 1 is 0.893 bits per heavy atom. The lowest BCUT2D eigenvalue weighted by Gasteiger charge is -2.12. The van der Waals surface area contributed by atoms with E-state index in [1.807, 2.05) is 0 Å². The quantitative estimate of drug-likeness (QED) is 0.681. The topological polar surface area (TPSA) is 67.4 Å². The first-order chi connectivity index (χ1) is 13.6. The number of carbonyl (C=O) groups is 2. The van der Waals surface area contributed by atoms with Gasteiger partial charge >= 0.3 is 0 Å². The molecule has 0 aliphatic carbocycles. The predicted octanol–water partition coefficient (Wildman–Crippen LogP) is 4.02. The van der Waals surface area contributed by atoms with E-state index in [4.69, 9.17) is 4.74 Å². The normalized spacial score (nSPS) is 10.2. The Labute approximate surface area is 162 Å². The van der Waals surface area contributed by atoms with Crippen molar-refractivity contribution >= 4 is 17.5 Å². The molecule has 0 bridgehead atoms. The van der Waals surface area contributed by atoms with E-state index in [0.717, 1.165) is 5.56 Å². The standard InChI is InChI=1S/C22H19FN2O3/c1-24-21(26)16-8-12-18(13-9-16)25-22(27)19-4-2-3-5-20(19)28-14-15-6-10-17(23)11-7-15/h2-13H,14H2,1H3,(H,24,26)(H,25,27). The number of benzene rings is 3. The second-order valence-electron chi connectivity index (χ2n) is 6.02. The van der Waals surface area contributed by atoms with Gasteiger partial charge in [-0.15, -0.1) is 0 Å². The van der Waals surface area contributed by atoms with E-state index in [1.54, 1.807) is 67.7 Å². The lowest BCUT2D eigenvalue weighted by Crippen LogP contribution is -2.18. The first-order valence-electron chi connectivity index (χ1n) is 8.66. The molecule has 0 saturated carbocycles. The maximum absolute atomic E-state index is 13.0. The Morgan fingerprint density at radius 3 is 2.25 bits per heavy atom. The van der Waals surface area contributed by atoms with Crippen LogP contribution in [0.3, 0.4) is 0 Å². The second kappa shape index (κ2) is 8.81. The van der Waals surface area contributed by atoms with Crippen LogP contribution in [0.4, 0.5) is 10.1 Å². The fraction of sp³-hybridized carbons (Fsp3) is 0.0909. The summed E-state index contributed by atoms with van der Waals surface area (Å²) < 4.78 is 18.8. The van der Waals surface area contributed by atoms with E-state index >= 15 is 0 Å². The van der Waals surface area contributed by atoms with Gasteiger partial charge in [0.1, 0.15) is 18.2 Å². The molecule has 3 aromatic carbocycles. The molecule has 0 aliphatic heterocycles. The number of amides is 2. The van der Waals surface area contributed by atoms with Crippen LogP contribution >= 0.6 is 0 Å². The Balaban J connectivity index is 1.70. The van der Waals surface area contributed by atoms with Crippen molar-refractivity contribution in [3.8, 4) is 5.75 Å². The zero-order valence-corrected chi connectivity index (χ0v) is 15.2. The number of ether oxygens (including phenoxy) is 1. The van der Waals surface area contributed by atoms with Crippen LogP contribution in [0.1, 0.15) is 26.3 Å². The van der Waals surface area contributed by atoms with Crippen LogP contribution in [0.15, 0.2) is 72.8 Å². The van der Waals surface area contributed by atoms with Gasteiger partial charge in [-0.1, -0.05) is 24.3 Å². The Morgan fingerprint density at radius 2 is 1.57 bits per heavy atom. The van der Waals surface area contributed by atoms with Gasteiger partial charge in [0.05, 0.1) is 5.56 Å². The predicted molar refractivity (Wildman–Crippen MR) is 105 cm³/mol. The fourth-order valence-corrected chi connectivity index (χ4v) is 2.57. The maximum atomic E-state index is 13.0. The summed E-state index contributed by atoms with van der Waals surface area (Å²) in [4.78, 5) is 24.2. The zero-order chi connectivity index (χ0) is 19.9. The van der Waals surface area contributed by atoms with Crippen LogP contribution in [-0.2, 0) is 6.61 Å². The molecule has 2 amide bonds. The van der Waals surface area contributed by atoms with E-state index in [9.17, 15) is 14.0 Å². The van der Waals surface area contributed by atoms with E-state index in [-0.39, 0.29) is 24.2 Å². The second-order valence-corrected chi connectivity index (χ2v) is 6.02. The molecule has 6 heteroatoms. The van der Waals surface area contributed by atoms with Crippen molar-refractivity contribution in [2.75, 3.05) is 12.4 Å². The Kier molecular flexibility index (Phi) is 6.01. The Bertz CT molecular complexity index is 970. The third-order valence-corrected chi connectivity index (χ3v) is 4.07. The van der Waals surface area contributed by atoms with Crippen molar-refractivity contribution in [3.05, 3.63) is 95.3 Å². The van der Waals surface area contributed by atoms with Gasteiger partial charge in [-0.3, -0.25) is 9.59 Å². The molecule has 3 aromatic rings. The summed E-state index contributed by atoms with van der Waals surface area (Å²) in [6.45, 7) is 0.214. The number of carbonyl (C=O) groups excluding carboxylic acids is 2. The van der Waals surface area contributed by atoms with Crippen LogP contribution in [0.2, 0.25) is 0 Å². The summed E-state index contributed by atoms with van der Waals surface area (Å²) in [5.41, 5.74) is 2.23. The van der Waals surface area contributed by atoms with Gasteiger partial charge < -0.3 is 15.4 Å². The molecule has 5 nitrogen and oxygen atoms in total. The van der Waals surface area contributed by atoms with Gasteiger partial charge in [0.25, 0.3) is 11.8 Å². The summed E-state index contributed by atoms with van der Waals surface area (Å²) in [6, 6.07) is 19.4. The first-order valence-corrected chi connectivity index (χ1v) is 8.66. The molecule has 0 aromatic heterocycles. The van der Waals surface area contributed by atoms with Crippen LogP contribution < -0.4 is 15.4 Å². The van der Waals surface area contributed by atoms with Gasteiger partial charge in [0.15, 0.2) is 0 Å². The molecule has 2 N–H and O–H groups in total. The molecule has 0 saturated heterocycles. The summed E-state index contributed by atoms with van der Waals surface area (Å²) in [5, 5.41) is 5.33. The van der Waals surface area contributed by atoms with Crippen molar-refractivity contribution in [1.29, 1.82) is 0 Å². The maximum Gasteiger partial charge on any atom is 0.259 e. The van der Waals surface area contributed by atoms with Crippen molar-refractivity contribution in [1.82, 2.24) is 5.32 Å². The van der Waals surface area contributed by atoms with Crippen LogP contribution in [0, 0.1) is 5.82 Å². The minimum absolute atomic E-state index is 0.197. The van der Waals surface area contributed by atoms with E-state index in [1.165, 1.54) is 12.1 Å². The molecule has 0 heterocycles. The fourth-order valence-electron chi connectivity index (χ4n) is 2.57. The van der Waals surface area contributed by atoms with Crippen LogP contribution in [0.25, 0.3) is 0 Å². The van der Waals surface area contributed by atoms with E-state index < -0.39 is 0 Å². The van der Waals surface area contributed by atoms with E-state index in [2.05, 4.69) is 10.6 Å². The summed E-state index contributed by atoms with van der Waals surface area (Å²) in [7, 11) is 1.56. The molecule has 0 radical (unpaired) electrons. The molecule has 0 atom stereocenters. The molecule has 0 spiro atoms. The number of anilines is 1. The highest BCUT2D eigenvalue weighted by Gasteiger charge is 2.13. The third kappa shape index (κ3) is 4.73. The SMILES string of the molecule is CNC(=O)c1ccc(NC(=O)c2ccccc2OCc2ccc(F)cc2)cc1. The number of hydrogen-bond donors (Lipinski definition) is 2. The highest BCUT2D eigenvalue weighted by Crippen LogP contribution is 2.21. The highest BCUT2D eigenvalue weighted by molar-refractivity contribution is 6.06. The van der Waals surface area contributed by atoms with Crippen molar-refractivity contribution < 1.29 is 18.7 Å². The van der Waals surface area contributed by atoms with Gasteiger partial charge in [-0.2, -0.15) is 0 Å². The van der Waals surface area contributed by atoms with Gasteiger partial charge in [0, 0.05) is 18.3 Å². The Hall–Kier alpha value is -3.67. The summed E-state index contributed by atoms with van der Waals surface area (Å²) in [5.74, 6) is -0.419. The number of halogens is 1. The number of nitrogens with one attached hydrogen (secondary N) is 2. The largest absolute Gasteiger partial charge is 0.488 e. The lowest BCUT2D eigenvalue weighted by atomic mass is 10.1. The average molecular weight is 378 g/mol. The highest BCUT2D eigenvalue weighted by atomic mass is 19.1. The van der Waals surface area contributed by atoms with E-state index in [0.29, 0.717) is 22.6 Å². The number of para-hydroxylation sites is 1. The zero-order valence-electron chi connectivity index (χ0n) is 15.2. The smallest absolute Gasteiger partial charge is 0.259 e. The van der Waals surface area contributed by atoms with Crippen LogP contribution in [-0.4, -0.2) is 18.9 Å². The summed E-state index contributed by atoms with van der Waals surface area (Å²) in [6.07, 6.45) is 0. The van der Waals surface area contributed by atoms with Crippen molar-refractivity contribution in [2.24, 2.45) is 0 Å². The van der Waals surface area contributed by atoms with Gasteiger partial charge in [0.2, 0.25) is 0 Å². The summed E-state index contributed by atoms with van der Waals surface area (Å²) >= 11 is 0. The molecule has 0 unspecified atom stereocenters. The van der Waals surface area contributed by atoms with Gasteiger partial charge in [-0.05, 0) is 54.1 Å².